The van der Waals surface area contributed by atoms with E-state index in [0.29, 0.717) is 57.8 Å². The van der Waals surface area contributed by atoms with Gasteiger partial charge in [-0.05, 0) is 63.2 Å². The highest BCUT2D eigenvalue weighted by Gasteiger charge is 2.62. The van der Waals surface area contributed by atoms with E-state index in [2.05, 4.69) is 13.8 Å². The highest BCUT2D eigenvalue weighted by atomic mass is 19.3. The summed E-state index contributed by atoms with van der Waals surface area (Å²) in [5.41, 5.74) is -0.925. The number of allylic oxidation sites excluding steroid dienone is 4. The molecule has 0 spiro atoms. The first-order valence-electron chi connectivity index (χ1n) is 14.3. The fourth-order valence-electron chi connectivity index (χ4n) is 6.52. The largest absolute Gasteiger partial charge is 0.336 e. The van der Waals surface area contributed by atoms with E-state index in [1.807, 2.05) is 0 Å². The van der Waals surface area contributed by atoms with Gasteiger partial charge >= 0.3 is 11.8 Å². The van der Waals surface area contributed by atoms with Crippen molar-refractivity contribution < 1.29 is 31.8 Å². The molecule has 0 aromatic carbocycles. The molecule has 0 unspecified atom stereocenters. The van der Waals surface area contributed by atoms with Crippen LogP contribution in [0.5, 0.6) is 0 Å². The van der Waals surface area contributed by atoms with Crippen molar-refractivity contribution in [3.8, 4) is 0 Å². The van der Waals surface area contributed by atoms with E-state index in [-0.39, 0.29) is 17.4 Å². The minimum atomic E-state index is -4.15. The molecule has 2 aliphatic carbocycles. The Balaban J connectivity index is 1.28. The molecule has 7 heteroatoms. The van der Waals surface area contributed by atoms with Gasteiger partial charge in [0.1, 0.15) is 0 Å². The van der Waals surface area contributed by atoms with Gasteiger partial charge in [-0.15, -0.1) is 0 Å². The van der Waals surface area contributed by atoms with Gasteiger partial charge in [0, 0.05) is 23.0 Å². The molecule has 0 atom stereocenters. The lowest BCUT2D eigenvalue weighted by Gasteiger charge is -2.52. The molecule has 4 fully saturated rings. The Labute approximate surface area is 214 Å². The summed E-state index contributed by atoms with van der Waals surface area (Å²) < 4.78 is 77.9. The summed E-state index contributed by atoms with van der Waals surface area (Å²) in [4.78, 5) is 0. The highest BCUT2D eigenvalue weighted by Crippen LogP contribution is 2.53. The second kappa shape index (κ2) is 11.4. The van der Waals surface area contributed by atoms with Crippen molar-refractivity contribution in [1.82, 2.24) is 0 Å². The fourth-order valence-corrected chi connectivity index (χ4v) is 6.52. The Bertz CT molecular complexity index is 774. The maximum Gasteiger partial charge on any atom is 0.336 e. The van der Waals surface area contributed by atoms with Crippen LogP contribution < -0.4 is 0 Å². The summed E-state index contributed by atoms with van der Waals surface area (Å²) in [5.74, 6) is -9.28. The zero-order valence-electron chi connectivity index (χ0n) is 22.1. The Kier molecular flexibility index (Phi) is 8.93. The topological polar surface area (TPSA) is 27.7 Å². The van der Waals surface area contributed by atoms with Crippen LogP contribution in [-0.2, 0) is 14.2 Å². The van der Waals surface area contributed by atoms with Crippen LogP contribution in [0.15, 0.2) is 23.3 Å². The Morgan fingerprint density at radius 1 is 0.750 bits per heavy atom. The third-order valence-corrected chi connectivity index (χ3v) is 8.88. The molecule has 0 amide bonds. The lowest BCUT2D eigenvalue weighted by Crippen LogP contribution is -2.59. The van der Waals surface area contributed by atoms with Crippen molar-refractivity contribution in [2.45, 2.75) is 122 Å². The molecule has 3 nitrogen and oxygen atoms in total. The zero-order valence-corrected chi connectivity index (χ0v) is 22.1. The quantitative estimate of drug-likeness (QED) is 0.192. The summed E-state index contributed by atoms with van der Waals surface area (Å²) in [6.07, 6.45) is 13.3. The summed E-state index contributed by atoms with van der Waals surface area (Å²) in [5, 5.41) is 0. The minimum Gasteiger partial charge on any atom is -0.327 e. The molecule has 206 valence electrons. The van der Waals surface area contributed by atoms with Crippen LogP contribution in [0.4, 0.5) is 17.6 Å². The lowest BCUT2D eigenvalue weighted by atomic mass is 9.72. The Morgan fingerprint density at radius 2 is 1.42 bits per heavy atom. The van der Waals surface area contributed by atoms with Crippen LogP contribution in [0.1, 0.15) is 104 Å². The molecule has 5 rings (SSSR count). The van der Waals surface area contributed by atoms with Gasteiger partial charge in [0.05, 0.1) is 19.8 Å². The van der Waals surface area contributed by atoms with Gasteiger partial charge in [-0.3, -0.25) is 0 Å². The smallest absolute Gasteiger partial charge is 0.327 e. The first kappa shape index (κ1) is 28.1. The van der Waals surface area contributed by atoms with Gasteiger partial charge in [-0.1, -0.05) is 58.1 Å². The van der Waals surface area contributed by atoms with Crippen molar-refractivity contribution in [2.75, 3.05) is 19.8 Å². The summed E-state index contributed by atoms with van der Waals surface area (Å²) >= 11 is 0. The van der Waals surface area contributed by atoms with Crippen molar-refractivity contribution in [3.63, 3.8) is 0 Å². The monoisotopic (exact) mass is 516 g/mol. The maximum absolute atomic E-state index is 15.1. The molecular weight excluding hydrogens is 472 g/mol. The summed E-state index contributed by atoms with van der Waals surface area (Å²) in [6.45, 7) is 6.00. The molecule has 0 N–H and O–H groups in total. The summed E-state index contributed by atoms with van der Waals surface area (Å²) in [6, 6.07) is 0. The van der Waals surface area contributed by atoms with E-state index in [4.69, 9.17) is 14.2 Å². The van der Waals surface area contributed by atoms with Crippen LogP contribution >= 0.6 is 0 Å². The van der Waals surface area contributed by atoms with E-state index in [0.717, 1.165) is 38.5 Å². The Morgan fingerprint density at radius 3 is 2.03 bits per heavy atom. The van der Waals surface area contributed by atoms with Gasteiger partial charge < -0.3 is 14.2 Å². The van der Waals surface area contributed by atoms with Crippen molar-refractivity contribution in [3.05, 3.63) is 23.3 Å². The first-order valence-corrected chi connectivity index (χ1v) is 14.3. The molecule has 0 aromatic heterocycles. The lowest BCUT2D eigenvalue weighted by molar-refractivity contribution is -0.470. The minimum absolute atomic E-state index is 0.0770. The molecule has 1 saturated carbocycles. The van der Waals surface area contributed by atoms with Crippen molar-refractivity contribution in [2.24, 2.45) is 17.3 Å². The van der Waals surface area contributed by atoms with Crippen LogP contribution in [0.2, 0.25) is 0 Å². The average molecular weight is 517 g/mol. The number of fused-ring (bicyclic) bond motifs is 3. The number of unbranched alkanes of at least 4 members (excludes halogenated alkanes) is 3. The second-order valence-electron chi connectivity index (χ2n) is 11.7. The molecular formula is C29H44F4O3. The molecule has 2 bridgehead atoms. The predicted octanol–water partition coefficient (Wildman–Crippen LogP) is 8.59. The SMILES string of the molecule is CCCCCC1CCC(C2=CC=C(CCCCC34OCC(CCC)(CO3)CO4)C(F)(F)C2(F)F)CC1. The first-order chi connectivity index (χ1) is 17.2. The third kappa shape index (κ3) is 5.73. The van der Waals surface area contributed by atoms with Crippen molar-refractivity contribution >= 4 is 0 Å². The van der Waals surface area contributed by atoms with Crippen LogP contribution in [0.25, 0.3) is 0 Å². The third-order valence-electron chi connectivity index (χ3n) is 8.88. The van der Waals surface area contributed by atoms with E-state index >= 15 is 17.6 Å². The van der Waals surface area contributed by atoms with Crippen molar-refractivity contribution in [1.29, 1.82) is 0 Å². The van der Waals surface area contributed by atoms with Crippen LogP contribution in [0.3, 0.4) is 0 Å². The van der Waals surface area contributed by atoms with E-state index in [1.165, 1.54) is 25.0 Å². The number of ether oxygens (including phenoxy) is 3. The van der Waals surface area contributed by atoms with Gasteiger partial charge in [-0.2, -0.15) is 17.6 Å². The Hall–Kier alpha value is -0.920. The maximum atomic E-state index is 15.1. The second-order valence-corrected chi connectivity index (χ2v) is 11.7. The average Bonchev–Trinajstić information content (AvgIpc) is 2.87. The van der Waals surface area contributed by atoms with Crippen LogP contribution in [0, 0.1) is 17.3 Å². The van der Waals surface area contributed by atoms with E-state index in [9.17, 15) is 0 Å². The summed E-state index contributed by atoms with van der Waals surface area (Å²) in [7, 11) is 0. The number of hydrogen-bond donors (Lipinski definition) is 0. The molecule has 0 radical (unpaired) electrons. The van der Waals surface area contributed by atoms with Gasteiger partial charge in [0.25, 0.3) is 5.97 Å². The molecule has 3 aliphatic heterocycles. The number of rotatable bonds is 12. The van der Waals surface area contributed by atoms with E-state index in [1.54, 1.807) is 0 Å². The predicted molar refractivity (Wildman–Crippen MR) is 132 cm³/mol. The number of alkyl halides is 4. The number of hydrogen-bond acceptors (Lipinski definition) is 3. The molecule has 0 aromatic rings. The normalized spacial score (nSPS) is 35.4. The van der Waals surface area contributed by atoms with Crippen LogP contribution in [-0.4, -0.2) is 37.6 Å². The fraction of sp³-hybridized carbons (Fsp3) is 0.862. The highest BCUT2D eigenvalue weighted by molar-refractivity contribution is 5.39. The van der Waals surface area contributed by atoms with E-state index < -0.39 is 29.3 Å². The van der Waals surface area contributed by atoms with Gasteiger partial charge in [0.15, 0.2) is 0 Å². The molecule has 3 heterocycles. The zero-order chi connectivity index (χ0) is 25.9. The van der Waals surface area contributed by atoms with Gasteiger partial charge in [0.2, 0.25) is 0 Å². The number of halogens is 4. The van der Waals surface area contributed by atoms with Gasteiger partial charge in [-0.25, -0.2) is 0 Å². The molecule has 3 saturated heterocycles. The molecule has 5 aliphatic rings. The standard InChI is InChI=1S/C29H44F4O3/c1-3-5-6-9-22-11-13-23(14-12-22)25-16-15-24(28(30,31)29(25,32)33)10-7-8-18-27-34-19-26(17-4-2,20-35-27)21-36-27/h15-16,22-23H,3-14,17-21H2,1-2H3. The molecule has 36 heavy (non-hydrogen) atoms.